The molecule has 4 heteroatoms. The van der Waals surface area contributed by atoms with Crippen LogP contribution in [0.2, 0.25) is 0 Å². The summed E-state index contributed by atoms with van der Waals surface area (Å²) in [5, 5.41) is 0. The molecule has 2 heterocycles. The molecule has 4 unspecified atom stereocenters. The molecular weight excluding hydrogens is 258 g/mol. The summed E-state index contributed by atoms with van der Waals surface area (Å²) < 4.78 is 12.5. The van der Waals surface area contributed by atoms with Gasteiger partial charge in [-0.2, -0.15) is 11.8 Å². The van der Waals surface area contributed by atoms with Gasteiger partial charge in [0.2, 0.25) is 0 Å². The first-order chi connectivity index (χ1) is 9.27. The van der Waals surface area contributed by atoms with Crippen molar-refractivity contribution < 1.29 is 9.47 Å². The summed E-state index contributed by atoms with van der Waals surface area (Å²) in [6, 6.07) is 0.249. The molecule has 0 amide bonds. The maximum atomic E-state index is 6.40. The minimum absolute atomic E-state index is 0.127. The third-order valence-electron chi connectivity index (χ3n) is 4.89. The molecule has 19 heavy (non-hydrogen) atoms. The molecule has 4 atom stereocenters. The van der Waals surface area contributed by atoms with Gasteiger partial charge in [-0.15, -0.1) is 0 Å². The van der Waals surface area contributed by atoms with Gasteiger partial charge >= 0.3 is 0 Å². The second-order valence-electron chi connectivity index (χ2n) is 6.43. The Bertz CT molecular complexity index is 294. The molecule has 1 spiro atoms. The van der Waals surface area contributed by atoms with Crippen LogP contribution in [0, 0.1) is 0 Å². The summed E-state index contributed by atoms with van der Waals surface area (Å²) in [6.07, 6.45) is 10.2. The molecule has 2 N–H and O–H groups in total. The molecule has 1 aliphatic carbocycles. The first-order valence-electron chi connectivity index (χ1n) is 7.90. The smallest absolute Gasteiger partial charge is 0.0805 e. The Hall–Kier alpha value is 0.230. The summed E-state index contributed by atoms with van der Waals surface area (Å²) in [6.45, 7) is 0.868. The minimum Gasteiger partial charge on any atom is -0.374 e. The third-order valence-corrected chi connectivity index (χ3v) is 6.11. The Morgan fingerprint density at radius 2 is 2.05 bits per heavy atom. The van der Waals surface area contributed by atoms with Crippen LogP contribution >= 0.6 is 11.8 Å². The molecule has 3 aliphatic rings. The Labute approximate surface area is 121 Å². The van der Waals surface area contributed by atoms with E-state index in [9.17, 15) is 0 Å². The predicted octanol–water partition coefficient (Wildman–Crippen LogP) is 2.72. The molecule has 0 aromatic carbocycles. The average molecular weight is 285 g/mol. The van der Waals surface area contributed by atoms with E-state index in [4.69, 9.17) is 15.2 Å². The highest BCUT2D eigenvalue weighted by Crippen LogP contribution is 2.39. The number of rotatable bonds is 2. The molecule has 0 bridgehead atoms. The summed E-state index contributed by atoms with van der Waals surface area (Å²) in [4.78, 5) is 0. The van der Waals surface area contributed by atoms with Crippen LogP contribution in [0.4, 0.5) is 0 Å². The van der Waals surface area contributed by atoms with Crippen molar-refractivity contribution in [1.29, 1.82) is 0 Å². The van der Waals surface area contributed by atoms with Crippen LogP contribution in [0.3, 0.4) is 0 Å². The molecule has 2 aliphatic heterocycles. The molecular formula is C15H27NO2S. The summed E-state index contributed by atoms with van der Waals surface area (Å²) in [5.41, 5.74) is 6.41. The number of hydrogen-bond donors (Lipinski definition) is 1. The fraction of sp³-hybridized carbons (Fsp3) is 1.00. The van der Waals surface area contributed by atoms with Crippen LogP contribution in [0.1, 0.15) is 51.4 Å². The van der Waals surface area contributed by atoms with Gasteiger partial charge in [-0.1, -0.05) is 19.3 Å². The van der Waals surface area contributed by atoms with E-state index in [1.165, 1.54) is 31.4 Å². The lowest BCUT2D eigenvalue weighted by atomic mass is 9.91. The van der Waals surface area contributed by atoms with Crippen molar-refractivity contribution in [1.82, 2.24) is 0 Å². The number of thioether (sulfide) groups is 1. The highest BCUT2D eigenvalue weighted by molar-refractivity contribution is 7.99. The Kier molecular flexibility index (Phi) is 4.73. The number of hydrogen-bond acceptors (Lipinski definition) is 4. The standard InChI is InChI=1S/C15H27NO2S/c16-13-4-2-1-3-5-14(13)18-12-6-8-17-15(10-12)7-9-19-11-15/h12-14H,1-11,16H2. The highest BCUT2D eigenvalue weighted by atomic mass is 32.2. The quantitative estimate of drug-likeness (QED) is 0.792. The molecule has 1 saturated carbocycles. The second kappa shape index (κ2) is 6.33. The van der Waals surface area contributed by atoms with E-state index in [-0.39, 0.29) is 17.7 Å². The van der Waals surface area contributed by atoms with Gasteiger partial charge in [-0.05, 0) is 31.4 Å². The van der Waals surface area contributed by atoms with E-state index in [2.05, 4.69) is 0 Å². The summed E-state index contributed by atoms with van der Waals surface area (Å²) >= 11 is 2.03. The van der Waals surface area contributed by atoms with Crippen molar-refractivity contribution in [2.45, 2.75) is 75.2 Å². The van der Waals surface area contributed by atoms with Crippen LogP contribution in [0.25, 0.3) is 0 Å². The Morgan fingerprint density at radius 3 is 2.89 bits per heavy atom. The first kappa shape index (κ1) is 14.2. The predicted molar refractivity (Wildman–Crippen MR) is 79.6 cm³/mol. The lowest BCUT2D eigenvalue weighted by Crippen LogP contribution is -2.46. The van der Waals surface area contributed by atoms with Gasteiger partial charge in [0.05, 0.1) is 17.8 Å². The van der Waals surface area contributed by atoms with Crippen LogP contribution in [-0.2, 0) is 9.47 Å². The maximum Gasteiger partial charge on any atom is 0.0805 e. The summed E-state index contributed by atoms with van der Waals surface area (Å²) in [7, 11) is 0. The van der Waals surface area contributed by atoms with Crippen molar-refractivity contribution in [2.24, 2.45) is 5.73 Å². The maximum absolute atomic E-state index is 6.40. The van der Waals surface area contributed by atoms with E-state index in [0.29, 0.717) is 6.10 Å². The van der Waals surface area contributed by atoms with Crippen molar-refractivity contribution in [3.8, 4) is 0 Å². The normalized spacial score (nSPS) is 44.4. The fourth-order valence-electron chi connectivity index (χ4n) is 3.68. The van der Waals surface area contributed by atoms with E-state index >= 15 is 0 Å². The van der Waals surface area contributed by atoms with E-state index in [1.54, 1.807) is 0 Å². The lowest BCUT2D eigenvalue weighted by Gasteiger charge is -2.39. The van der Waals surface area contributed by atoms with Gasteiger partial charge in [-0.25, -0.2) is 0 Å². The van der Waals surface area contributed by atoms with E-state index < -0.39 is 0 Å². The zero-order chi connectivity index (χ0) is 13.1. The van der Waals surface area contributed by atoms with Gasteiger partial charge < -0.3 is 15.2 Å². The van der Waals surface area contributed by atoms with Crippen LogP contribution in [0.15, 0.2) is 0 Å². The monoisotopic (exact) mass is 285 g/mol. The zero-order valence-corrected chi connectivity index (χ0v) is 12.6. The van der Waals surface area contributed by atoms with Crippen LogP contribution in [0.5, 0.6) is 0 Å². The largest absolute Gasteiger partial charge is 0.374 e. The zero-order valence-electron chi connectivity index (χ0n) is 11.8. The van der Waals surface area contributed by atoms with Crippen molar-refractivity contribution in [2.75, 3.05) is 18.1 Å². The van der Waals surface area contributed by atoms with Crippen molar-refractivity contribution in [3.05, 3.63) is 0 Å². The van der Waals surface area contributed by atoms with E-state index in [1.807, 2.05) is 11.8 Å². The van der Waals surface area contributed by atoms with Crippen molar-refractivity contribution in [3.63, 3.8) is 0 Å². The van der Waals surface area contributed by atoms with Gasteiger partial charge in [0.25, 0.3) is 0 Å². The molecule has 2 saturated heterocycles. The van der Waals surface area contributed by atoms with Crippen molar-refractivity contribution >= 4 is 11.8 Å². The summed E-state index contributed by atoms with van der Waals surface area (Å²) in [5.74, 6) is 2.40. The first-order valence-corrected chi connectivity index (χ1v) is 9.06. The van der Waals surface area contributed by atoms with Crippen LogP contribution < -0.4 is 5.73 Å². The SMILES string of the molecule is NC1CCCCCC1OC1CCOC2(CCSC2)C1. The number of ether oxygens (including phenoxy) is 2. The molecule has 0 radical (unpaired) electrons. The van der Waals surface area contributed by atoms with Gasteiger partial charge in [-0.3, -0.25) is 0 Å². The minimum atomic E-state index is 0.127. The van der Waals surface area contributed by atoms with Gasteiger partial charge in [0, 0.05) is 24.8 Å². The Morgan fingerprint density at radius 1 is 1.16 bits per heavy atom. The molecule has 3 rings (SSSR count). The molecule has 0 aromatic heterocycles. The third kappa shape index (κ3) is 3.46. The average Bonchev–Trinajstić information content (AvgIpc) is 2.75. The van der Waals surface area contributed by atoms with Crippen LogP contribution in [-0.4, -0.2) is 42.0 Å². The topological polar surface area (TPSA) is 44.5 Å². The fourth-order valence-corrected chi connectivity index (χ4v) is 5.06. The number of nitrogens with two attached hydrogens (primary N) is 1. The lowest BCUT2D eigenvalue weighted by molar-refractivity contribution is -0.140. The van der Waals surface area contributed by atoms with Gasteiger partial charge in [0.1, 0.15) is 0 Å². The second-order valence-corrected chi connectivity index (χ2v) is 7.53. The molecule has 3 nitrogen and oxygen atoms in total. The van der Waals surface area contributed by atoms with Gasteiger partial charge in [0.15, 0.2) is 0 Å². The Balaban J connectivity index is 1.56. The molecule has 110 valence electrons. The highest BCUT2D eigenvalue weighted by Gasteiger charge is 2.41. The van der Waals surface area contributed by atoms with E-state index in [0.717, 1.165) is 38.0 Å². The molecule has 3 fully saturated rings. The molecule has 0 aromatic rings.